The second-order valence-corrected chi connectivity index (χ2v) is 9.92. The van der Waals surface area contributed by atoms with Gasteiger partial charge < -0.3 is 5.32 Å². The molecule has 0 atom stereocenters. The van der Waals surface area contributed by atoms with Gasteiger partial charge in [0.2, 0.25) is 5.13 Å². The Kier molecular flexibility index (Phi) is 6.28. The summed E-state index contributed by atoms with van der Waals surface area (Å²) in [5.74, 6) is 0.103. The maximum Gasteiger partial charge on any atom is 0.282 e. The van der Waals surface area contributed by atoms with Crippen molar-refractivity contribution in [1.82, 2.24) is 14.8 Å². The highest BCUT2D eigenvalue weighted by Gasteiger charge is 2.20. The highest BCUT2D eigenvalue weighted by atomic mass is 35.5. The van der Waals surface area contributed by atoms with E-state index in [0.717, 1.165) is 15.1 Å². The Balaban J connectivity index is 1.53. The van der Waals surface area contributed by atoms with Crippen molar-refractivity contribution in [3.63, 3.8) is 0 Å². The van der Waals surface area contributed by atoms with Gasteiger partial charge in [0, 0.05) is 27.1 Å². The summed E-state index contributed by atoms with van der Waals surface area (Å²) in [5.41, 5.74) is 2.49. The van der Waals surface area contributed by atoms with Crippen molar-refractivity contribution in [3.05, 3.63) is 112 Å². The minimum absolute atomic E-state index is 0.278. The smallest absolute Gasteiger partial charge is 0.282 e. The highest BCUT2D eigenvalue weighted by molar-refractivity contribution is 7.98. The molecule has 2 N–H and O–H groups in total. The number of benzene rings is 3. The van der Waals surface area contributed by atoms with E-state index in [-0.39, 0.29) is 11.4 Å². The molecule has 0 amide bonds. The second-order valence-electron chi connectivity index (χ2n) is 7.43. The normalized spacial score (nSPS) is 11.1. The van der Waals surface area contributed by atoms with E-state index in [1.54, 1.807) is 23.9 Å². The van der Waals surface area contributed by atoms with Crippen LogP contribution in [-0.2, 0) is 5.75 Å². The van der Waals surface area contributed by atoms with Gasteiger partial charge in [-0.05, 0) is 54.6 Å². The second kappa shape index (κ2) is 9.50. The molecule has 0 bridgehead atoms. The monoisotopic (exact) mass is 508 g/mol. The van der Waals surface area contributed by atoms with Crippen molar-refractivity contribution >= 4 is 56.3 Å². The maximum absolute atomic E-state index is 13.7. The molecule has 170 valence electrons. The first kappa shape index (κ1) is 22.5. The summed E-state index contributed by atoms with van der Waals surface area (Å²) in [6, 6.07) is 21.2. The van der Waals surface area contributed by atoms with Crippen LogP contribution in [0, 0.1) is 5.82 Å². The molecule has 5 rings (SSSR count). The molecule has 0 unspecified atom stereocenters. The Hall–Kier alpha value is -3.33. The molecule has 0 aliphatic rings. The first-order valence-corrected chi connectivity index (χ1v) is 12.5. The van der Waals surface area contributed by atoms with Crippen LogP contribution in [0.3, 0.4) is 0 Å². The minimum atomic E-state index is -0.378. The van der Waals surface area contributed by atoms with E-state index in [1.807, 2.05) is 48.5 Å². The summed E-state index contributed by atoms with van der Waals surface area (Å²) in [5, 5.41) is 7.48. The number of thiazole rings is 1. The number of aromatic nitrogens is 3. The Morgan fingerprint density at radius 1 is 1.15 bits per heavy atom. The van der Waals surface area contributed by atoms with Crippen LogP contribution in [-0.4, -0.2) is 14.8 Å². The van der Waals surface area contributed by atoms with Gasteiger partial charge in [-0.25, -0.2) is 9.37 Å². The van der Waals surface area contributed by atoms with E-state index < -0.39 is 0 Å². The Morgan fingerprint density at radius 3 is 2.71 bits per heavy atom. The van der Waals surface area contributed by atoms with Gasteiger partial charge in [-0.15, -0.1) is 11.8 Å². The molecule has 0 fully saturated rings. The van der Waals surface area contributed by atoms with Gasteiger partial charge in [-0.1, -0.05) is 47.7 Å². The maximum atomic E-state index is 13.7. The SMILES string of the molecule is C=C(Nc1cccc(F)c1)c1c(CSc2ccc(Cl)cc2)[nH]n(-c2nc3ccccc3s2)c1=O. The van der Waals surface area contributed by atoms with E-state index in [0.29, 0.717) is 38.5 Å². The molecule has 5 nitrogen and oxygen atoms in total. The van der Waals surface area contributed by atoms with Crippen LogP contribution in [0.25, 0.3) is 21.0 Å². The largest absolute Gasteiger partial charge is 0.355 e. The molecule has 0 radical (unpaired) electrons. The van der Waals surface area contributed by atoms with Crippen LogP contribution >= 0.6 is 34.7 Å². The molecule has 5 aromatic rings. The van der Waals surface area contributed by atoms with Gasteiger partial charge in [0.15, 0.2) is 0 Å². The fraction of sp³-hybridized carbons (Fsp3) is 0.0400. The summed E-state index contributed by atoms with van der Waals surface area (Å²) in [4.78, 5) is 19.1. The summed E-state index contributed by atoms with van der Waals surface area (Å²) in [6.45, 7) is 4.08. The van der Waals surface area contributed by atoms with Crippen LogP contribution in [0.5, 0.6) is 0 Å². The number of halogens is 2. The third kappa shape index (κ3) is 4.65. The number of anilines is 1. The van der Waals surface area contributed by atoms with Gasteiger partial charge in [-0.2, -0.15) is 4.68 Å². The number of thioether (sulfide) groups is 1. The summed E-state index contributed by atoms with van der Waals surface area (Å²) < 4.78 is 16.1. The third-order valence-corrected chi connectivity index (χ3v) is 7.37. The number of rotatable bonds is 7. The lowest BCUT2D eigenvalue weighted by molar-refractivity contribution is 0.628. The Bertz CT molecular complexity index is 1520. The molecule has 0 saturated carbocycles. The third-order valence-electron chi connectivity index (χ3n) is 5.06. The van der Waals surface area contributed by atoms with Crippen molar-refractivity contribution < 1.29 is 4.39 Å². The Morgan fingerprint density at radius 2 is 1.94 bits per heavy atom. The number of para-hydroxylation sites is 1. The van der Waals surface area contributed by atoms with Crippen molar-refractivity contribution in [2.45, 2.75) is 10.6 Å². The zero-order valence-electron chi connectivity index (χ0n) is 17.7. The van der Waals surface area contributed by atoms with E-state index in [2.05, 4.69) is 22.0 Å². The predicted molar refractivity (Wildman–Crippen MR) is 140 cm³/mol. The quantitative estimate of drug-likeness (QED) is 0.234. The lowest BCUT2D eigenvalue weighted by atomic mass is 10.2. The highest BCUT2D eigenvalue weighted by Crippen LogP contribution is 2.29. The van der Waals surface area contributed by atoms with Crippen molar-refractivity contribution in [1.29, 1.82) is 0 Å². The predicted octanol–water partition coefficient (Wildman–Crippen LogP) is 6.94. The minimum Gasteiger partial charge on any atom is -0.355 e. The van der Waals surface area contributed by atoms with Gasteiger partial charge in [0.25, 0.3) is 5.56 Å². The van der Waals surface area contributed by atoms with Crippen LogP contribution in [0.15, 0.2) is 89.1 Å². The van der Waals surface area contributed by atoms with E-state index in [1.165, 1.54) is 28.2 Å². The van der Waals surface area contributed by atoms with Crippen molar-refractivity contribution in [2.75, 3.05) is 5.32 Å². The van der Waals surface area contributed by atoms with Crippen molar-refractivity contribution in [2.24, 2.45) is 0 Å². The van der Waals surface area contributed by atoms with Gasteiger partial charge >= 0.3 is 0 Å². The average molecular weight is 509 g/mol. The van der Waals surface area contributed by atoms with E-state index >= 15 is 0 Å². The van der Waals surface area contributed by atoms with Crippen LogP contribution in [0.1, 0.15) is 11.3 Å². The van der Waals surface area contributed by atoms with Gasteiger partial charge in [0.05, 0.1) is 21.5 Å². The fourth-order valence-electron chi connectivity index (χ4n) is 3.48. The molecule has 0 spiro atoms. The molecule has 2 heterocycles. The fourth-order valence-corrected chi connectivity index (χ4v) is 5.38. The van der Waals surface area contributed by atoms with Gasteiger partial charge in [-0.3, -0.25) is 9.89 Å². The molecule has 3 aromatic carbocycles. The molecule has 2 aromatic heterocycles. The van der Waals surface area contributed by atoms with Crippen LogP contribution in [0.2, 0.25) is 5.02 Å². The van der Waals surface area contributed by atoms with E-state index in [9.17, 15) is 9.18 Å². The molecule has 0 aliphatic heterocycles. The number of aromatic amines is 1. The molecule has 0 aliphatic carbocycles. The molecular formula is C25H18ClFN4OS2. The number of nitrogens with one attached hydrogen (secondary N) is 2. The molecule has 34 heavy (non-hydrogen) atoms. The molecule has 0 saturated heterocycles. The van der Waals surface area contributed by atoms with Crippen LogP contribution in [0.4, 0.5) is 10.1 Å². The lowest BCUT2D eigenvalue weighted by Gasteiger charge is -2.09. The summed E-state index contributed by atoms with van der Waals surface area (Å²) >= 11 is 8.97. The molecule has 9 heteroatoms. The number of H-pyrrole nitrogens is 1. The van der Waals surface area contributed by atoms with Gasteiger partial charge in [0.1, 0.15) is 5.82 Å². The average Bonchev–Trinajstić information content (AvgIpc) is 3.39. The topological polar surface area (TPSA) is 62.7 Å². The number of nitrogens with zero attached hydrogens (tertiary/aromatic N) is 2. The van der Waals surface area contributed by atoms with Crippen molar-refractivity contribution in [3.8, 4) is 5.13 Å². The lowest BCUT2D eigenvalue weighted by Crippen LogP contribution is -2.18. The standard InChI is InChI=1S/C25H18ClFN4OS2/c1-15(28-18-6-4-5-17(27)13-18)23-21(14-33-19-11-9-16(26)10-12-19)30-31(24(23)32)25-29-20-7-2-3-8-22(20)34-25/h2-13,28,30H,1,14H2. The summed E-state index contributed by atoms with van der Waals surface area (Å²) in [6.07, 6.45) is 0. The summed E-state index contributed by atoms with van der Waals surface area (Å²) in [7, 11) is 0. The zero-order chi connectivity index (χ0) is 23.7. The number of hydrogen-bond acceptors (Lipinski definition) is 5. The zero-order valence-corrected chi connectivity index (χ0v) is 20.1. The number of hydrogen-bond donors (Lipinski definition) is 2. The number of fused-ring (bicyclic) bond motifs is 1. The molecular weight excluding hydrogens is 491 g/mol. The first-order chi connectivity index (χ1) is 16.5. The Labute approximate surface area is 207 Å². The first-order valence-electron chi connectivity index (χ1n) is 10.3. The van der Waals surface area contributed by atoms with E-state index in [4.69, 9.17) is 11.6 Å². The van der Waals surface area contributed by atoms with Crippen LogP contribution < -0.4 is 10.9 Å².